The highest BCUT2D eigenvalue weighted by Crippen LogP contribution is 2.53. The molecule has 1 N–H and O–H groups in total. The second-order valence-electron chi connectivity index (χ2n) is 14.8. The Balaban J connectivity index is 1.28. The first-order valence-electron chi connectivity index (χ1n) is 17.1. The SMILES string of the molecule is C=C(F)C(=O)N1CC2(CCN(c3nc(N4CC(N(C)C)C4)nc4c(OCC(F)(F)F)c(-c5c(C)ccc6[nH]ncc56)c(C5CC5)cc34)CC2)C1. The highest BCUT2D eigenvalue weighted by Gasteiger charge is 2.48. The summed E-state index contributed by atoms with van der Waals surface area (Å²) in [6.07, 6.45) is 0.493. The van der Waals surface area contributed by atoms with Gasteiger partial charge in [-0.25, -0.2) is 9.37 Å². The summed E-state index contributed by atoms with van der Waals surface area (Å²) in [5.74, 6) is -0.226. The minimum absolute atomic E-state index is 0.112. The van der Waals surface area contributed by atoms with Gasteiger partial charge in [0.15, 0.2) is 18.2 Å². The Kier molecular flexibility index (Phi) is 7.73. The molecule has 0 bridgehead atoms. The Labute approximate surface area is 287 Å². The van der Waals surface area contributed by atoms with Crippen LogP contribution in [0.4, 0.5) is 29.3 Å². The molecule has 1 spiro atoms. The van der Waals surface area contributed by atoms with Gasteiger partial charge in [-0.05, 0) is 81.4 Å². The smallest absolute Gasteiger partial charge is 0.422 e. The third-order valence-electron chi connectivity index (χ3n) is 11.0. The van der Waals surface area contributed by atoms with E-state index >= 15 is 0 Å². The van der Waals surface area contributed by atoms with E-state index in [4.69, 9.17) is 14.7 Å². The molecule has 4 aliphatic rings. The Morgan fingerprint density at radius 2 is 1.80 bits per heavy atom. The number of likely N-dealkylation sites (N-methyl/N-ethyl adjacent to an activating group) is 1. The number of rotatable bonds is 8. The summed E-state index contributed by atoms with van der Waals surface area (Å²) in [6.45, 7) is 7.21. The first-order valence-corrected chi connectivity index (χ1v) is 17.1. The number of fused-ring (bicyclic) bond motifs is 2. The summed E-state index contributed by atoms with van der Waals surface area (Å²) in [5.41, 5.74) is 4.26. The minimum atomic E-state index is -4.57. The average Bonchev–Trinajstić information content (AvgIpc) is 3.76. The molecule has 1 saturated carbocycles. The first-order chi connectivity index (χ1) is 23.8. The molecule has 0 atom stereocenters. The quantitative estimate of drug-likeness (QED) is 0.179. The van der Waals surface area contributed by atoms with Gasteiger partial charge < -0.3 is 24.3 Å². The lowest BCUT2D eigenvalue weighted by molar-refractivity contribution is -0.153. The number of ether oxygens (including phenoxy) is 1. The number of nitrogens with one attached hydrogen (secondary N) is 1. The fourth-order valence-electron chi connectivity index (χ4n) is 7.87. The molecule has 1 aliphatic carbocycles. The minimum Gasteiger partial charge on any atom is -0.481 e. The molecular weight excluding hydrogens is 652 g/mol. The predicted octanol–water partition coefficient (Wildman–Crippen LogP) is 5.96. The number of hydrogen-bond donors (Lipinski definition) is 1. The standard InChI is InChI=1S/C36H40F4N8O2/c1-20-5-8-27-26(14-41-44-27)28(20)29-24(22-6-7-22)13-25-30(31(29)50-19-36(38,39)40)42-34(47-15-23(16-47)45(3)4)43-32(25)46-11-9-35(10-12-46)17-48(18-35)33(49)21(2)37/h5,8,13-14,22-23H,2,6-7,9-12,15-19H2,1,3-4H3,(H,41,44). The van der Waals surface area contributed by atoms with Crippen molar-refractivity contribution in [3.63, 3.8) is 0 Å². The number of carbonyl (C=O) groups is 1. The van der Waals surface area contributed by atoms with E-state index in [9.17, 15) is 22.4 Å². The molecule has 5 heterocycles. The van der Waals surface area contributed by atoms with Crippen LogP contribution in [-0.4, -0.2) is 108 Å². The molecule has 8 rings (SSSR count). The third-order valence-corrected chi connectivity index (χ3v) is 11.0. The number of carbonyl (C=O) groups excluding carboxylic acids is 1. The maximum absolute atomic E-state index is 14.0. The highest BCUT2D eigenvalue weighted by molar-refractivity contribution is 6.06. The number of alkyl halides is 3. The lowest BCUT2D eigenvalue weighted by Crippen LogP contribution is -2.62. The monoisotopic (exact) mass is 692 g/mol. The number of amides is 1. The second kappa shape index (κ2) is 11.8. The maximum Gasteiger partial charge on any atom is 0.422 e. The molecule has 0 radical (unpaired) electrons. The molecular formula is C36H40F4N8O2. The molecule has 3 saturated heterocycles. The zero-order valence-electron chi connectivity index (χ0n) is 28.4. The molecule has 264 valence electrons. The number of hydrogen-bond acceptors (Lipinski definition) is 8. The normalized spacial score (nSPS) is 19.4. The van der Waals surface area contributed by atoms with Crippen molar-refractivity contribution in [2.45, 2.75) is 50.7 Å². The summed E-state index contributed by atoms with van der Waals surface area (Å²) in [6, 6.07) is 6.25. The molecule has 4 aromatic rings. The van der Waals surface area contributed by atoms with Gasteiger partial charge in [0.05, 0.1) is 11.7 Å². The van der Waals surface area contributed by atoms with E-state index in [1.807, 2.05) is 33.2 Å². The summed E-state index contributed by atoms with van der Waals surface area (Å²) in [5, 5.41) is 8.74. The second-order valence-corrected chi connectivity index (χ2v) is 14.8. The van der Waals surface area contributed by atoms with Crippen LogP contribution in [0.25, 0.3) is 32.9 Å². The zero-order chi connectivity index (χ0) is 35.1. The van der Waals surface area contributed by atoms with Crippen LogP contribution in [0.2, 0.25) is 0 Å². The number of anilines is 2. The number of benzene rings is 2. The van der Waals surface area contributed by atoms with Crippen LogP contribution < -0.4 is 14.5 Å². The Morgan fingerprint density at radius 1 is 1.08 bits per heavy atom. The molecule has 0 unspecified atom stereocenters. The van der Waals surface area contributed by atoms with E-state index in [1.165, 1.54) is 4.90 Å². The Morgan fingerprint density at radius 3 is 2.44 bits per heavy atom. The molecule has 14 heteroatoms. The van der Waals surface area contributed by atoms with E-state index in [-0.39, 0.29) is 17.1 Å². The van der Waals surface area contributed by atoms with Crippen LogP contribution in [0.15, 0.2) is 36.8 Å². The van der Waals surface area contributed by atoms with Crippen molar-refractivity contribution in [2.75, 3.05) is 69.8 Å². The van der Waals surface area contributed by atoms with Crippen molar-refractivity contribution in [3.05, 3.63) is 47.9 Å². The predicted molar refractivity (Wildman–Crippen MR) is 183 cm³/mol. The average molecular weight is 693 g/mol. The Bertz CT molecular complexity index is 2000. The van der Waals surface area contributed by atoms with E-state index < -0.39 is 24.5 Å². The van der Waals surface area contributed by atoms with Gasteiger partial charge in [-0.1, -0.05) is 12.6 Å². The van der Waals surface area contributed by atoms with Crippen molar-refractivity contribution in [1.82, 2.24) is 30.0 Å². The fourth-order valence-corrected chi connectivity index (χ4v) is 7.87. The van der Waals surface area contributed by atoms with Crippen LogP contribution in [0.1, 0.15) is 42.7 Å². The largest absolute Gasteiger partial charge is 0.481 e. The number of aromatic amines is 1. The van der Waals surface area contributed by atoms with Gasteiger partial charge in [-0.15, -0.1) is 0 Å². The van der Waals surface area contributed by atoms with Crippen molar-refractivity contribution < 1.29 is 27.1 Å². The maximum atomic E-state index is 14.0. The van der Waals surface area contributed by atoms with Crippen LogP contribution in [0.5, 0.6) is 5.75 Å². The number of likely N-dealkylation sites (tertiary alicyclic amines) is 1. The fraction of sp³-hybridized carbons (Fsp3) is 0.500. The molecule has 10 nitrogen and oxygen atoms in total. The number of halogens is 4. The van der Waals surface area contributed by atoms with Crippen LogP contribution in [0.3, 0.4) is 0 Å². The van der Waals surface area contributed by atoms with Crippen molar-refractivity contribution >= 4 is 39.5 Å². The van der Waals surface area contributed by atoms with E-state index in [1.54, 1.807) is 6.20 Å². The molecule has 2 aromatic heterocycles. The Hall–Kier alpha value is -4.46. The van der Waals surface area contributed by atoms with Crippen LogP contribution in [-0.2, 0) is 4.79 Å². The summed E-state index contributed by atoms with van der Waals surface area (Å²) in [7, 11) is 4.04. The van der Waals surface area contributed by atoms with Gasteiger partial charge in [-0.3, -0.25) is 9.89 Å². The van der Waals surface area contributed by atoms with E-state index in [0.717, 1.165) is 53.3 Å². The van der Waals surface area contributed by atoms with Crippen LogP contribution in [0, 0.1) is 12.3 Å². The van der Waals surface area contributed by atoms with Crippen molar-refractivity contribution in [2.24, 2.45) is 5.41 Å². The topological polar surface area (TPSA) is 93.7 Å². The number of aryl methyl sites for hydroxylation is 1. The number of H-pyrrole nitrogens is 1. The zero-order valence-corrected chi connectivity index (χ0v) is 28.4. The lowest BCUT2D eigenvalue weighted by Gasteiger charge is -2.54. The highest BCUT2D eigenvalue weighted by atomic mass is 19.4. The van der Waals surface area contributed by atoms with Crippen molar-refractivity contribution in [3.8, 4) is 16.9 Å². The summed E-state index contributed by atoms with van der Waals surface area (Å²) >= 11 is 0. The van der Waals surface area contributed by atoms with E-state index in [0.29, 0.717) is 73.5 Å². The third kappa shape index (κ3) is 5.70. The lowest BCUT2D eigenvalue weighted by atomic mass is 9.72. The first kappa shape index (κ1) is 32.7. The van der Waals surface area contributed by atoms with E-state index in [2.05, 4.69) is 37.5 Å². The summed E-state index contributed by atoms with van der Waals surface area (Å²) in [4.78, 5) is 30.2. The molecule has 2 aromatic carbocycles. The number of piperidine rings is 1. The molecule has 4 fully saturated rings. The number of nitrogens with zero attached hydrogens (tertiary/aromatic N) is 7. The van der Waals surface area contributed by atoms with Crippen molar-refractivity contribution in [1.29, 1.82) is 0 Å². The van der Waals surface area contributed by atoms with Gasteiger partial charge in [0.1, 0.15) is 11.3 Å². The van der Waals surface area contributed by atoms with Gasteiger partial charge in [0, 0.05) is 67.1 Å². The molecule has 1 amide bonds. The van der Waals surface area contributed by atoms with Gasteiger partial charge in [0.2, 0.25) is 5.95 Å². The van der Waals surface area contributed by atoms with Gasteiger partial charge >= 0.3 is 6.18 Å². The molecule has 3 aliphatic heterocycles. The van der Waals surface area contributed by atoms with Gasteiger partial charge in [-0.2, -0.15) is 23.3 Å². The van der Waals surface area contributed by atoms with Gasteiger partial charge in [0.25, 0.3) is 5.91 Å². The molecule has 50 heavy (non-hydrogen) atoms. The van der Waals surface area contributed by atoms with Crippen LogP contribution >= 0.6 is 0 Å². The number of aromatic nitrogens is 4. The summed E-state index contributed by atoms with van der Waals surface area (Å²) < 4.78 is 61.4.